The lowest BCUT2D eigenvalue weighted by Gasteiger charge is -2.07. The molecule has 0 saturated heterocycles. The van der Waals surface area contributed by atoms with E-state index in [1.165, 1.54) is 0 Å². The number of sulfone groups is 1. The lowest BCUT2D eigenvalue weighted by atomic mass is 10.1. The number of aromatic nitrogens is 2. The highest BCUT2D eigenvalue weighted by atomic mass is 32.2. The number of aliphatic hydroxyl groups is 1. The summed E-state index contributed by atoms with van der Waals surface area (Å²) in [4.78, 5) is 0. The fourth-order valence-corrected chi connectivity index (χ4v) is 2.43. The van der Waals surface area contributed by atoms with Crippen molar-refractivity contribution in [3.63, 3.8) is 0 Å². The standard InChI is InChI=1S/C11H20N2O3S/c1-3-13-9-10(8-12-13)11(14)6-5-7-17(15,16)4-2/h8-9,11,14H,3-7H2,1-2H3. The van der Waals surface area contributed by atoms with Crippen LogP contribution in [-0.2, 0) is 16.4 Å². The lowest BCUT2D eigenvalue weighted by Crippen LogP contribution is -2.09. The van der Waals surface area contributed by atoms with Crippen LogP contribution in [0.25, 0.3) is 0 Å². The molecule has 0 spiro atoms. The van der Waals surface area contributed by atoms with E-state index >= 15 is 0 Å². The Morgan fingerprint density at radius 1 is 1.47 bits per heavy atom. The van der Waals surface area contributed by atoms with Crippen molar-refractivity contribution in [2.75, 3.05) is 11.5 Å². The van der Waals surface area contributed by atoms with Crippen molar-refractivity contribution in [3.8, 4) is 0 Å². The first kappa shape index (κ1) is 14.2. The molecule has 0 aliphatic rings. The van der Waals surface area contributed by atoms with Crippen molar-refractivity contribution in [3.05, 3.63) is 18.0 Å². The summed E-state index contributed by atoms with van der Waals surface area (Å²) in [6.07, 6.45) is 3.73. The smallest absolute Gasteiger partial charge is 0.150 e. The number of aliphatic hydroxyl groups excluding tert-OH is 1. The van der Waals surface area contributed by atoms with Crippen LogP contribution in [0.1, 0.15) is 38.4 Å². The second kappa shape index (κ2) is 6.16. The molecule has 17 heavy (non-hydrogen) atoms. The van der Waals surface area contributed by atoms with Gasteiger partial charge in [-0.2, -0.15) is 5.10 Å². The van der Waals surface area contributed by atoms with Gasteiger partial charge in [0.15, 0.2) is 0 Å². The van der Waals surface area contributed by atoms with Gasteiger partial charge in [-0.3, -0.25) is 4.68 Å². The zero-order valence-electron chi connectivity index (χ0n) is 10.3. The van der Waals surface area contributed by atoms with E-state index in [-0.39, 0.29) is 11.5 Å². The van der Waals surface area contributed by atoms with E-state index in [0.717, 1.165) is 12.1 Å². The van der Waals surface area contributed by atoms with E-state index in [1.54, 1.807) is 24.0 Å². The highest BCUT2D eigenvalue weighted by Gasteiger charge is 2.12. The van der Waals surface area contributed by atoms with Crippen LogP contribution in [0.3, 0.4) is 0 Å². The molecule has 1 rings (SSSR count). The summed E-state index contributed by atoms with van der Waals surface area (Å²) in [6.45, 7) is 4.37. The average molecular weight is 260 g/mol. The fraction of sp³-hybridized carbons (Fsp3) is 0.727. The predicted molar refractivity (Wildman–Crippen MR) is 66.4 cm³/mol. The van der Waals surface area contributed by atoms with Crippen LogP contribution in [0, 0.1) is 0 Å². The first-order valence-electron chi connectivity index (χ1n) is 5.89. The Hall–Kier alpha value is -0.880. The molecule has 6 heteroatoms. The van der Waals surface area contributed by atoms with E-state index in [0.29, 0.717) is 12.8 Å². The summed E-state index contributed by atoms with van der Waals surface area (Å²) >= 11 is 0. The van der Waals surface area contributed by atoms with Gasteiger partial charge in [-0.15, -0.1) is 0 Å². The second-order valence-electron chi connectivity index (χ2n) is 4.02. The van der Waals surface area contributed by atoms with Crippen molar-refractivity contribution < 1.29 is 13.5 Å². The van der Waals surface area contributed by atoms with Gasteiger partial charge in [0.2, 0.25) is 0 Å². The van der Waals surface area contributed by atoms with Gasteiger partial charge in [-0.05, 0) is 19.8 Å². The monoisotopic (exact) mass is 260 g/mol. The molecule has 0 amide bonds. The molecule has 0 saturated carbocycles. The second-order valence-corrected chi connectivity index (χ2v) is 6.50. The van der Waals surface area contributed by atoms with Gasteiger partial charge < -0.3 is 5.11 Å². The molecule has 5 nitrogen and oxygen atoms in total. The maximum absolute atomic E-state index is 11.3. The molecule has 1 aromatic heterocycles. The van der Waals surface area contributed by atoms with Gasteiger partial charge in [0.1, 0.15) is 9.84 Å². The Balaban J connectivity index is 2.42. The largest absolute Gasteiger partial charge is 0.388 e. The summed E-state index contributed by atoms with van der Waals surface area (Å²) in [7, 11) is -2.93. The van der Waals surface area contributed by atoms with Crippen molar-refractivity contribution in [1.82, 2.24) is 9.78 Å². The third-order valence-electron chi connectivity index (χ3n) is 2.73. The van der Waals surface area contributed by atoms with Crippen LogP contribution < -0.4 is 0 Å². The molecule has 1 N–H and O–H groups in total. The molecular formula is C11H20N2O3S. The van der Waals surface area contributed by atoms with Gasteiger partial charge in [0.25, 0.3) is 0 Å². The maximum atomic E-state index is 11.3. The molecule has 0 bridgehead atoms. The molecular weight excluding hydrogens is 240 g/mol. The van der Waals surface area contributed by atoms with Crippen LogP contribution in [0.4, 0.5) is 0 Å². The third kappa shape index (κ3) is 4.47. The number of nitrogens with zero attached hydrogens (tertiary/aromatic N) is 2. The Morgan fingerprint density at radius 3 is 2.71 bits per heavy atom. The van der Waals surface area contributed by atoms with Gasteiger partial charge in [-0.1, -0.05) is 6.92 Å². The van der Waals surface area contributed by atoms with Crippen molar-refractivity contribution in [2.24, 2.45) is 0 Å². The topological polar surface area (TPSA) is 72.2 Å². The molecule has 1 atom stereocenters. The quantitative estimate of drug-likeness (QED) is 0.798. The molecule has 0 aliphatic heterocycles. The summed E-state index contributed by atoms with van der Waals surface area (Å²) in [6, 6.07) is 0. The minimum atomic E-state index is -2.93. The fourth-order valence-electron chi connectivity index (χ4n) is 1.53. The van der Waals surface area contributed by atoms with Crippen molar-refractivity contribution in [1.29, 1.82) is 0 Å². The first-order chi connectivity index (χ1) is 7.98. The van der Waals surface area contributed by atoms with E-state index in [2.05, 4.69) is 5.10 Å². The highest BCUT2D eigenvalue weighted by Crippen LogP contribution is 2.17. The van der Waals surface area contributed by atoms with Crippen molar-refractivity contribution >= 4 is 9.84 Å². The molecule has 1 unspecified atom stereocenters. The Kier molecular flexibility index (Phi) is 5.14. The average Bonchev–Trinajstić information content (AvgIpc) is 2.77. The molecule has 0 radical (unpaired) electrons. The number of aryl methyl sites for hydroxylation is 1. The van der Waals surface area contributed by atoms with Gasteiger partial charge in [-0.25, -0.2) is 8.42 Å². The van der Waals surface area contributed by atoms with Crippen LogP contribution in [0.5, 0.6) is 0 Å². The first-order valence-corrected chi connectivity index (χ1v) is 7.71. The highest BCUT2D eigenvalue weighted by molar-refractivity contribution is 7.91. The number of rotatable bonds is 7. The Labute approximate surface area is 102 Å². The number of hydrogen-bond donors (Lipinski definition) is 1. The van der Waals surface area contributed by atoms with Crippen LogP contribution in [-0.4, -0.2) is 34.8 Å². The van der Waals surface area contributed by atoms with E-state index in [1.807, 2.05) is 6.92 Å². The molecule has 1 aromatic rings. The van der Waals surface area contributed by atoms with Gasteiger partial charge >= 0.3 is 0 Å². The minimum absolute atomic E-state index is 0.141. The Morgan fingerprint density at radius 2 is 2.18 bits per heavy atom. The van der Waals surface area contributed by atoms with E-state index in [4.69, 9.17) is 0 Å². The summed E-state index contributed by atoms with van der Waals surface area (Å²) in [5.41, 5.74) is 0.751. The van der Waals surface area contributed by atoms with E-state index in [9.17, 15) is 13.5 Å². The summed E-state index contributed by atoms with van der Waals surface area (Å²) < 4.78 is 24.3. The van der Waals surface area contributed by atoms with Crippen LogP contribution >= 0.6 is 0 Å². The maximum Gasteiger partial charge on any atom is 0.150 e. The Bertz CT molecular complexity index is 439. The predicted octanol–water partition coefficient (Wildman–Crippen LogP) is 1.15. The molecule has 1 heterocycles. The molecule has 0 aromatic carbocycles. The third-order valence-corrected chi connectivity index (χ3v) is 4.53. The molecule has 98 valence electrons. The summed E-state index contributed by atoms with van der Waals surface area (Å²) in [5.74, 6) is 0.305. The molecule has 0 aliphatic carbocycles. The minimum Gasteiger partial charge on any atom is -0.388 e. The van der Waals surface area contributed by atoms with Gasteiger partial charge in [0, 0.05) is 24.1 Å². The van der Waals surface area contributed by atoms with Crippen LogP contribution in [0.15, 0.2) is 12.4 Å². The number of hydrogen-bond acceptors (Lipinski definition) is 4. The van der Waals surface area contributed by atoms with Crippen LogP contribution in [0.2, 0.25) is 0 Å². The zero-order chi connectivity index (χ0) is 12.9. The summed E-state index contributed by atoms with van der Waals surface area (Å²) in [5, 5.41) is 13.9. The van der Waals surface area contributed by atoms with Gasteiger partial charge in [0.05, 0.1) is 18.1 Å². The SMILES string of the molecule is CCn1cc(C(O)CCCS(=O)(=O)CC)cn1. The zero-order valence-corrected chi connectivity index (χ0v) is 11.2. The normalized spacial score (nSPS) is 13.8. The molecule has 0 fully saturated rings. The lowest BCUT2D eigenvalue weighted by molar-refractivity contribution is 0.166. The van der Waals surface area contributed by atoms with E-state index < -0.39 is 15.9 Å². The van der Waals surface area contributed by atoms with Crippen molar-refractivity contribution in [2.45, 2.75) is 39.3 Å².